The van der Waals surface area contributed by atoms with E-state index in [4.69, 9.17) is 4.74 Å². The Morgan fingerprint density at radius 1 is 1.15 bits per heavy atom. The minimum absolute atomic E-state index is 0.489. The van der Waals surface area contributed by atoms with Gasteiger partial charge in [-0.2, -0.15) is 0 Å². The van der Waals surface area contributed by atoms with Crippen LogP contribution in [-0.4, -0.2) is 19.2 Å². The lowest BCUT2D eigenvalue weighted by Gasteiger charge is -2.31. The molecule has 1 aliphatic carbocycles. The molecule has 0 spiro atoms. The van der Waals surface area contributed by atoms with Crippen LogP contribution in [0.3, 0.4) is 0 Å². The van der Waals surface area contributed by atoms with Gasteiger partial charge in [-0.05, 0) is 50.7 Å². The first-order valence-electron chi connectivity index (χ1n) is 8.08. The van der Waals surface area contributed by atoms with Gasteiger partial charge in [0.2, 0.25) is 0 Å². The van der Waals surface area contributed by atoms with Gasteiger partial charge in [0, 0.05) is 12.1 Å². The normalized spacial score (nSPS) is 19.6. The summed E-state index contributed by atoms with van der Waals surface area (Å²) in [7, 11) is 1.75. The van der Waals surface area contributed by atoms with Gasteiger partial charge in [-0.15, -0.1) is 0 Å². The Morgan fingerprint density at radius 2 is 1.85 bits per heavy atom. The number of methoxy groups -OCH3 is 1. The number of hydrogen-bond acceptors (Lipinski definition) is 2. The molecule has 1 saturated carbocycles. The van der Waals surface area contributed by atoms with Crippen LogP contribution >= 0.6 is 0 Å². The van der Waals surface area contributed by atoms with Crippen molar-refractivity contribution in [2.45, 2.75) is 64.5 Å². The van der Waals surface area contributed by atoms with E-state index in [1.807, 2.05) is 12.1 Å². The van der Waals surface area contributed by atoms with E-state index in [-0.39, 0.29) is 0 Å². The molecule has 1 fully saturated rings. The quantitative estimate of drug-likeness (QED) is 0.840. The fourth-order valence-electron chi connectivity index (χ4n) is 3.48. The van der Waals surface area contributed by atoms with Crippen molar-refractivity contribution in [3.63, 3.8) is 0 Å². The molecule has 1 aliphatic rings. The summed E-state index contributed by atoms with van der Waals surface area (Å²) in [6.45, 7) is 4.64. The number of nitrogens with one attached hydrogen (secondary N) is 1. The fourth-order valence-corrected chi connectivity index (χ4v) is 3.48. The minimum Gasteiger partial charge on any atom is -0.496 e. The van der Waals surface area contributed by atoms with Crippen LogP contribution in [0.4, 0.5) is 0 Å². The molecule has 2 heteroatoms. The maximum atomic E-state index is 5.44. The number of ether oxygens (including phenoxy) is 1. The van der Waals surface area contributed by atoms with E-state index in [1.54, 1.807) is 7.11 Å². The Kier molecular flexibility index (Phi) is 5.90. The number of para-hydroxylation sites is 1. The van der Waals surface area contributed by atoms with E-state index in [1.165, 1.54) is 37.7 Å². The van der Waals surface area contributed by atoms with Gasteiger partial charge in [-0.3, -0.25) is 0 Å². The molecule has 2 atom stereocenters. The van der Waals surface area contributed by atoms with Crippen LogP contribution in [-0.2, 0) is 6.42 Å². The lowest BCUT2D eigenvalue weighted by atomic mass is 9.84. The molecular formula is C18H29NO. The second-order valence-corrected chi connectivity index (χ2v) is 6.27. The standard InChI is InChI=1S/C18H29NO/c1-14(13-17-11-7-8-12-18(17)20-3)19-15(2)16-9-5-4-6-10-16/h7-8,11-12,14-16,19H,4-6,9-10,13H2,1-3H3/t14?,15-/m1/s1. The first kappa shape index (κ1) is 15.4. The zero-order chi connectivity index (χ0) is 14.4. The topological polar surface area (TPSA) is 21.3 Å². The molecule has 0 saturated heterocycles. The SMILES string of the molecule is COc1ccccc1CC(C)N[C@H](C)C1CCCCC1. The first-order chi connectivity index (χ1) is 9.70. The van der Waals surface area contributed by atoms with E-state index in [0.717, 1.165) is 18.1 Å². The van der Waals surface area contributed by atoms with Crippen LogP contribution in [0.25, 0.3) is 0 Å². The molecule has 0 aromatic heterocycles. The summed E-state index contributed by atoms with van der Waals surface area (Å²) in [4.78, 5) is 0. The molecule has 0 aliphatic heterocycles. The van der Waals surface area contributed by atoms with Crippen LogP contribution in [0.2, 0.25) is 0 Å². The second kappa shape index (κ2) is 7.68. The van der Waals surface area contributed by atoms with Crippen molar-refractivity contribution < 1.29 is 4.74 Å². The third kappa shape index (κ3) is 4.24. The Labute approximate surface area is 123 Å². The molecule has 2 nitrogen and oxygen atoms in total. The number of hydrogen-bond donors (Lipinski definition) is 1. The van der Waals surface area contributed by atoms with Crippen molar-refractivity contribution in [3.8, 4) is 5.75 Å². The van der Waals surface area contributed by atoms with E-state index in [2.05, 4.69) is 31.3 Å². The first-order valence-corrected chi connectivity index (χ1v) is 8.08. The zero-order valence-electron chi connectivity index (χ0n) is 13.2. The van der Waals surface area contributed by atoms with E-state index in [9.17, 15) is 0 Å². The average Bonchev–Trinajstić information content (AvgIpc) is 2.48. The van der Waals surface area contributed by atoms with Crippen molar-refractivity contribution in [1.29, 1.82) is 0 Å². The van der Waals surface area contributed by atoms with Crippen molar-refractivity contribution in [1.82, 2.24) is 5.32 Å². The van der Waals surface area contributed by atoms with Crippen LogP contribution in [0.15, 0.2) is 24.3 Å². The lowest BCUT2D eigenvalue weighted by Crippen LogP contribution is -2.41. The van der Waals surface area contributed by atoms with Crippen LogP contribution in [0.1, 0.15) is 51.5 Å². The van der Waals surface area contributed by atoms with Crippen molar-refractivity contribution in [2.75, 3.05) is 7.11 Å². The summed E-state index contributed by atoms with van der Waals surface area (Å²) in [5.74, 6) is 1.87. The molecule has 1 aromatic rings. The highest BCUT2D eigenvalue weighted by Crippen LogP contribution is 2.27. The zero-order valence-corrected chi connectivity index (χ0v) is 13.2. The largest absolute Gasteiger partial charge is 0.496 e. The Morgan fingerprint density at radius 3 is 2.55 bits per heavy atom. The highest BCUT2D eigenvalue weighted by atomic mass is 16.5. The Bertz CT molecular complexity index is 398. The van der Waals surface area contributed by atoms with Crippen LogP contribution in [0, 0.1) is 5.92 Å². The number of benzene rings is 1. The summed E-state index contributed by atoms with van der Waals surface area (Å²) in [5, 5.41) is 3.79. The third-order valence-electron chi connectivity index (χ3n) is 4.62. The van der Waals surface area contributed by atoms with Crippen molar-refractivity contribution >= 4 is 0 Å². The molecule has 2 rings (SSSR count). The highest BCUT2D eigenvalue weighted by Gasteiger charge is 2.21. The molecule has 112 valence electrons. The van der Waals surface area contributed by atoms with Gasteiger partial charge in [0.25, 0.3) is 0 Å². The molecule has 0 radical (unpaired) electrons. The second-order valence-electron chi connectivity index (χ2n) is 6.27. The average molecular weight is 275 g/mol. The van der Waals surface area contributed by atoms with Gasteiger partial charge in [0.05, 0.1) is 7.11 Å². The smallest absolute Gasteiger partial charge is 0.122 e. The monoisotopic (exact) mass is 275 g/mol. The summed E-state index contributed by atoms with van der Waals surface area (Å²) < 4.78 is 5.44. The van der Waals surface area contributed by atoms with Gasteiger partial charge in [0.1, 0.15) is 5.75 Å². The van der Waals surface area contributed by atoms with Gasteiger partial charge in [-0.25, -0.2) is 0 Å². The molecule has 0 bridgehead atoms. The maximum Gasteiger partial charge on any atom is 0.122 e. The molecule has 0 amide bonds. The van der Waals surface area contributed by atoms with Gasteiger partial charge in [0.15, 0.2) is 0 Å². The summed E-state index contributed by atoms with van der Waals surface area (Å²) in [6.07, 6.45) is 8.08. The molecule has 20 heavy (non-hydrogen) atoms. The minimum atomic E-state index is 0.489. The van der Waals surface area contributed by atoms with E-state index >= 15 is 0 Å². The predicted molar refractivity (Wildman–Crippen MR) is 85.3 cm³/mol. The predicted octanol–water partition coefficient (Wildman–Crippen LogP) is 4.18. The molecule has 1 aromatic carbocycles. The van der Waals surface area contributed by atoms with Crippen molar-refractivity contribution in [3.05, 3.63) is 29.8 Å². The van der Waals surface area contributed by atoms with Crippen LogP contribution in [0.5, 0.6) is 5.75 Å². The summed E-state index contributed by atoms with van der Waals surface area (Å²) in [5.41, 5.74) is 1.30. The number of rotatable bonds is 6. The summed E-state index contributed by atoms with van der Waals surface area (Å²) in [6, 6.07) is 9.46. The van der Waals surface area contributed by atoms with Crippen LogP contribution < -0.4 is 10.1 Å². The summed E-state index contributed by atoms with van der Waals surface area (Å²) >= 11 is 0. The molecule has 1 N–H and O–H groups in total. The fraction of sp³-hybridized carbons (Fsp3) is 0.667. The molecule has 1 unspecified atom stereocenters. The Balaban J connectivity index is 1.86. The van der Waals surface area contributed by atoms with Gasteiger partial charge in [-0.1, -0.05) is 37.5 Å². The van der Waals surface area contributed by atoms with E-state index < -0.39 is 0 Å². The maximum absolute atomic E-state index is 5.44. The van der Waals surface area contributed by atoms with Crippen molar-refractivity contribution in [2.24, 2.45) is 5.92 Å². The lowest BCUT2D eigenvalue weighted by molar-refractivity contribution is 0.266. The van der Waals surface area contributed by atoms with E-state index in [0.29, 0.717) is 12.1 Å². The van der Waals surface area contributed by atoms with Gasteiger partial charge < -0.3 is 10.1 Å². The van der Waals surface area contributed by atoms with Gasteiger partial charge >= 0.3 is 0 Å². The highest BCUT2D eigenvalue weighted by molar-refractivity contribution is 5.33. The third-order valence-corrected chi connectivity index (χ3v) is 4.62. The Hall–Kier alpha value is -1.02. The molecule has 0 heterocycles. The molecular weight excluding hydrogens is 246 g/mol.